The number of carbonyl (C=O) groups is 1. The number of benzene rings is 1. The van der Waals surface area contributed by atoms with E-state index in [0.717, 1.165) is 34.4 Å². The third kappa shape index (κ3) is 4.47. The maximum absolute atomic E-state index is 12.3. The van der Waals surface area contributed by atoms with Crippen molar-refractivity contribution in [2.75, 3.05) is 11.1 Å². The molecule has 1 N–H and O–H groups in total. The van der Waals surface area contributed by atoms with Crippen LogP contribution in [0.4, 0.5) is 5.69 Å². The first-order valence-electron chi connectivity index (χ1n) is 9.53. The Labute approximate surface area is 169 Å². The first-order chi connectivity index (χ1) is 13.5. The quantitative estimate of drug-likeness (QED) is 0.534. The van der Waals surface area contributed by atoms with Gasteiger partial charge >= 0.3 is 0 Å². The van der Waals surface area contributed by atoms with E-state index in [2.05, 4.69) is 41.5 Å². The summed E-state index contributed by atoms with van der Waals surface area (Å²) in [4.78, 5) is 12.3. The fourth-order valence-electron chi connectivity index (χ4n) is 2.95. The van der Waals surface area contributed by atoms with Crippen LogP contribution in [0.25, 0.3) is 11.4 Å². The van der Waals surface area contributed by atoms with Gasteiger partial charge in [0.2, 0.25) is 5.91 Å². The molecule has 0 spiro atoms. The predicted molar refractivity (Wildman–Crippen MR) is 113 cm³/mol. The highest BCUT2D eigenvalue weighted by atomic mass is 32.2. The lowest BCUT2D eigenvalue weighted by Gasteiger charge is -2.10. The number of hydrogen-bond acceptors (Lipinski definition) is 5. The molecule has 0 bridgehead atoms. The van der Waals surface area contributed by atoms with Gasteiger partial charge in [-0.15, -0.1) is 10.2 Å². The molecule has 0 fully saturated rings. The van der Waals surface area contributed by atoms with E-state index in [1.54, 1.807) is 6.26 Å². The fraction of sp³-hybridized carbons (Fsp3) is 0.381. The molecule has 0 aliphatic heterocycles. The van der Waals surface area contributed by atoms with Crippen LogP contribution in [0, 0.1) is 6.92 Å². The molecule has 3 aromatic rings. The Bertz CT molecular complexity index is 930. The van der Waals surface area contributed by atoms with Gasteiger partial charge in [-0.25, -0.2) is 0 Å². The predicted octanol–water partition coefficient (Wildman–Crippen LogP) is 5.11. The highest BCUT2D eigenvalue weighted by Crippen LogP contribution is 2.27. The van der Waals surface area contributed by atoms with Crippen LogP contribution in [0.3, 0.4) is 0 Å². The number of thioether (sulfide) groups is 1. The van der Waals surface area contributed by atoms with Crippen molar-refractivity contribution in [2.45, 2.75) is 51.7 Å². The number of nitrogens with one attached hydrogen (secondary N) is 1. The first-order valence-corrected chi connectivity index (χ1v) is 10.5. The number of furan rings is 1. The summed E-state index contributed by atoms with van der Waals surface area (Å²) in [5.74, 6) is 2.30. The van der Waals surface area contributed by atoms with Crippen LogP contribution in [0.5, 0.6) is 0 Å². The second-order valence-corrected chi connectivity index (χ2v) is 7.65. The molecule has 0 radical (unpaired) electrons. The Morgan fingerprint density at radius 3 is 2.57 bits per heavy atom. The standard InChI is InChI=1S/C21H26N4O2S/c1-5-14(3)16-7-9-17(10-8-16)22-19(26)13-28-21-24-23-20(25(21)6-2)18-11-12-27-15(18)4/h7-12,14H,5-6,13H2,1-4H3,(H,22,26)/t14-/m0/s1. The van der Waals surface area contributed by atoms with Crippen molar-refractivity contribution < 1.29 is 9.21 Å². The highest BCUT2D eigenvalue weighted by Gasteiger charge is 2.17. The van der Waals surface area contributed by atoms with E-state index in [0.29, 0.717) is 12.5 Å². The zero-order valence-electron chi connectivity index (χ0n) is 16.7. The van der Waals surface area contributed by atoms with E-state index in [1.807, 2.05) is 36.6 Å². The summed E-state index contributed by atoms with van der Waals surface area (Å²) in [6.07, 6.45) is 2.74. The smallest absolute Gasteiger partial charge is 0.234 e. The van der Waals surface area contributed by atoms with E-state index >= 15 is 0 Å². The molecule has 28 heavy (non-hydrogen) atoms. The molecule has 7 heteroatoms. The molecular formula is C21H26N4O2S. The zero-order valence-corrected chi connectivity index (χ0v) is 17.5. The number of amides is 1. The van der Waals surface area contributed by atoms with Crippen LogP contribution in [0.15, 0.2) is 46.2 Å². The Balaban J connectivity index is 1.62. The third-order valence-electron chi connectivity index (χ3n) is 4.84. The number of aryl methyl sites for hydroxylation is 1. The molecule has 2 aromatic heterocycles. The molecule has 0 saturated heterocycles. The summed E-state index contributed by atoms with van der Waals surface area (Å²) >= 11 is 1.38. The van der Waals surface area contributed by atoms with Crippen LogP contribution >= 0.6 is 11.8 Å². The summed E-state index contributed by atoms with van der Waals surface area (Å²) in [7, 11) is 0. The van der Waals surface area contributed by atoms with E-state index in [9.17, 15) is 4.79 Å². The van der Waals surface area contributed by atoms with Crippen LogP contribution < -0.4 is 5.32 Å². The zero-order chi connectivity index (χ0) is 20.1. The number of carbonyl (C=O) groups excluding carboxylic acids is 1. The molecule has 0 unspecified atom stereocenters. The summed E-state index contributed by atoms with van der Waals surface area (Å²) in [5.41, 5.74) is 3.02. The second-order valence-electron chi connectivity index (χ2n) is 6.71. The molecule has 0 aliphatic carbocycles. The van der Waals surface area contributed by atoms with E-state index in [4.69, 9.17) is 4.42 Å². The average molecular weight is 399 g/mol. The molecule has 0 aliphatic rings. The number of rotatable bonds is 8. The first kappa shape index (κ1) is 20.2. The van der Waals surface area contributed by atoms with Gasteiger partial charge in [0, 0.05) is 12.2 Å². The lowest BCUT2D eigenvalue weighted by molar-refractivity contribution is -0.113. The SMILES string of the molecule is CC[C@H](C)c1ccc(NC(=O)CSc2nnc(-c3ccoc3C)n2CC)cc1. The van der Waals surface area contributed by atoms with Gasteiger partial charge in [-0.3, -0.25) is 4.79 Å². The summed E-state index contributed by atoms with van der Waals surface area (Å²) in [6, 6.07) is 9.95. The average Bonchev–Trinajstić information content (AvgIpc) is 3.31. The number of anilines is 1. The summed E-state index contributed by atoms with van der Waals surface area (Å²) in [5, 5.41) is 12.2. The van der Waals surface area contributed by atoms with E-state index < -0.39 is 0 Å². The Morgan fingerprint density at radius 1 is 1.21 bits per heavy atom. The Hall–Kier alpha value is -2.54. The number of hydrogen-bond donors (Lipinski definition) is 1. The van der Waals surface area contributed by atoms with E-state index in [-0.39, 0.29) is 11.7 Å². The van der Waals surface area contributed by atoms with Gasteiger partial charge in [-0.05, 0) is 49.9 Å². The van der Waals surface area contributed by atoms with Crippen molar-refractivity contribution in [3.63, 3.8) is 0 Å². The molecule has 1 atom stereocenters. The van der Waals surface area contributed by atoms with Crippen LogP contribution in [-0.4, -0.2) is 26.4 Å². The maximum Gasteiger partial charge on any atom is 0.234 e. The highest BCUT2D eigenvalue weighted by molar-refractivity contribution is 7.99. The van der Waals surface area contributed by atoms with Crippen molar-refractivity contribution in [1.82, 2.24) is 14.8 Å². The lowest BCUT2D eigenvalue weighted by Crippen LogP contribution is -2.14. The van der Waals surface area contributed by atoms with Gasteiger partial charge in [0.05, 0.1) is 17.6 Å². The molecule has 1 aromatic carbocycles. The van der Waals surface area contributed by atoms with Gasteiger partial charge in [-0.2, -0.15) is 0 Å². The van der Waals surface area contributed by atoms with E-state index in [1.165, 1.54) is 17.3 Å². The molecule has 148 valence electrons. The number of aromatic nitrogens is 3. The van der Waals surface area contributed by atoms with Crippen LogP contribution in [0.2, 0.25) is 0 Å². The maximum atomic E-state index is 12.3. The van der Waals surface area contributed by atoms with Crippen molar-refractivity contribution in [2.24, 2.45) is 0 Å². The summed E-state index contributed by atoms with van der Waals surface area (Å²) in [6.45, 7) is 9.02. The topological polar surface area (TPSA) is 73.0 Å². The molecule has 2 heterocycles. The molecule has 0 saturated carbocycles. The largest absolute Gasteiger partial charge is 0.469 e. The van der Waals surface area contributed by atoms with Crippen molar-refractivity contribution in [3.8, 4) is 11.4 Å². The second kappa shape index (κ2) is 9.10. The number of nitrogens with zero attached hydrogens (tertiary/aromatic N) is 3. The van der Waals surface area contributed by atoms with Crippen LogP contribution in [-0.2, 0) is 11.3 Å². The molecule has 1 amide bonds. The molecular weight excluding hydrogens is 372 g/mol. The lowest BCUT2D eigenvalue weighted by atomic mass is 9.99. The minimum atomic E-state index is -0.0621. The van der Waals surface area contributed by atoms with Crippen molar-refractivity contribution in [3.05, 3.63) is 47.9 Å². The molecule has 3 rings (SSSR count). The third-order valence-corrected chi connectivity index (χ3v) is 5.81. The van der Waals surface area contributed by atoms with Gasteiger partial charge < -0.3 is 14.3 Å². The van der Waals surface area contributed by atoms with Gasteiger partial charge in [0.25, 0.3) is 0 Å². The fourth-order valence-corrected chi connectivity index (χ4v) is 3.76. The Kier molecular flexibility index (Phi) is 6.57. The van der Waals surface area contributed by atoms with Gasteiger partial charge in [-0.1, -0.05) is 37.7 Å². The van der Waals surface area contributed by atoms with Gasteiger partial charge in [0.1, 0.15) is 5.76 Å². The molecule has 6 nitrogen and oxygen atoms in total. The van der Waals surface area contributed by atoms with Crippen molar-refractivity contribution in [1.29, 1.82) is 0 Å². The Morgan fingerprint density at radius 2 is 1.96 bits per heavy atom. The normalized spacial score (nSPS) is 12.1. The van der Waals surface area contributed by atoms with Crippen molar-refractivity contribution >= 4 is 23.4 Å². The minimum absolute atomic E-state index is 0.0621. The van der Waals surface area contributed by atoms with Gasteiger partial charge in [0.15, 0.2) is 11.0 Å². The van der Waals surface area contributed by atoms with Crippen LogP contribution in [0.1, 0.15) is 44.4 Å². The minimum Gasteiger partial charge on any atom is -0.469 e. The summed E-state index contributed by atoms with van der Waals surface area (Å²) < 4.78 is 7.37. The monoisotopic (exact) mass is 398 g/mol.